The van der Waals surface area contributed by atoms with Crippen LogP contribution in [0.15, 0.2) is 11.6 Å². The molecule has 4 nitrogen and oxygen atoms in total. The first-order chi connectivity index (χ1) is 7.35. The van der Waals surface area contributed by atoms with E-state index in [2.05, 4.69) is 6.08 Å². The van der Waals surface area contributed by atoms with Gasteiger partial charge in [0, 0.05) is 6.54 Å². The molecule has 0 amide bonds. The zero-order valence-corrected chi connectivity index (χ0v) is 11.0. The van der Waals surface area contributed by atoms with Crippen molar-refractivity contribution in [1.29, 1.82) is 0 Å². The third-order valence-corrected chi connectivity index (χ3v) is 4.60. The number of likely N-dealkylation sites (N-methyl/N-ethyl adjacent to an activating group) is 1. The van der Waals surface area contributed by atoms with E-state index < -0.39 is 15.9 Å². The van der Waals surface area contributed by atoms with Gasteiger partial charge in [-0.05, 0) is 20.4 Å². The zero-order chi connectivity index (χ0) is 12.3. The summed E-state index contributed by atoms with van der Waals surface area (Å²) in [4.78, 5) is 2.02. The minimum Gasteiger partial charge on any atom is -0.390 e. The third kappa shape index (κ3) is 3.57. The van der Waals surface area contributed by atoms with E-state index in [4.69, 9.17) is 0 Å². The fourth-order valence-corrected chi connectivity index (χ4v) is 3.79. The van der Waals surface area contributed by atoms with Crippen LogP contribution >= 0.6 is 0 Å². The Hall–Kier alpha value is -0.390. The molecule has 0 aromatic heterocycles. The third-order valence-electron chi connectivity index (χ3n) is 2.90. The van der Waals surface area contributed by atoms with Crippen molar-refractivity contribution in [3.05, 3.63) is 11.6 Å². The fourth-order valence-electron chi connectivity index (χ4n) is 1.96. The average Bonchev–Trinajstić information content (AvgIpc) is 2.41. The molecule has 1 aliphatic heterocycles. The summed E-state index contributed by atoms with van der Waals surface area (Å²) in [7, 11) is -3.05. The van der Waals surface area contributed by atoms with Crippen LogP contribution in [-0.2, 0) is 9.84 Å². The van der Waals surface area contributed by atoms with Crippen LogP contribution in [0.5, 0.6) is 0 Å². The van der Waals surface area contributed by atoms with E-state index in [1.807, 2.05) is 25.7 Å². The second-order valence-corrected chi connectivity index (χ2v) is 6.73. The molecule has 0 spiro atoms. The molecule has 0 saturated carbocycles. The SMILES string of the molecule is CCN(CC=C(C)C)[C@H]1CS(=O)(=O)C[C@@H]1O. The Bertz CT molecular complexity index is 357. The van der Waals surface area contributed by atoms with Crippen LogP contribution in [0.1, 0.15) is 20.8 Å². The Morgan fingerprint density at radius 2 is 2.06 bits per heavy atom. The normalized spacial score (nSPS) is 28.3. The maximum Gasteiger partial charge on any atom is 0.154 e. The number of allylic oxidation sites excluding steroid dienone is 1. The van der Waals surface area contributed by atoms with E-state index in [0.717, 1.165) is 6.54 Å². The van der Waals surface area contributed by atoms with Crippen molar-refractivity contribution in [2.75, 3.05) is 24.6 Å². The lowest BCUT2D eigenvalue weighted by Crippen LogP contribution is -2.43. The summed E-state index contributed by atoms with van der Waals surface area (Å²) in [5, 5.41) is 9.75. The second kappa shape index (κ2) is 5.29. The van der Waals surface area contributed by atoms with Crippen LogP contribution in [0.25, 0.3) is 0 Å². The summed E-state index contributed by atoms with van der Waals surface area (Å²) in [6.45, 7) is 7.46. The molecule has 5 heteroatoms. The molecule has 0 unspecified atom stereocenters. The number of rotatable bonds is 4. The van der Waals surface area contributed by atoms with Gasteiger partial charge < -0.3 is 5.11 Å². The fraction of sp³-hybridized carbons (Fsp3) is 0.818. The number of aliphatic hydroxyl groups excluding tert-OH is 1. The highest BCUT2D eigenvalue weighted by atomic mass is 32.2. The predicted octanol–water partition coefficient (Wildman–Crippen LogP) is 0.432. The Labute approximate surface area is 97.9 Å². The van der Waals surface area contributed by atoms with E-state index in [-0.39, 0.29) is 17.5 Å². The highest BCUT2D eigenvalue weighted by molar-refractivity contribution is 7.91. The van der Waals surface area contributed by atoms with E-state index in [1.54, 1.807) is 0 Å². The molecule has 1 N–H and O–H groups in total. The van der Waals surface area contributed by atoms with Gasteiger partial charge in [0.05, 0.1) is 23.7 Å². The first-order valence-corrected chi connectivity index (χ1v) is 7.43. The van der Waals surface area contributed by atoms with Gasteiger partial charge in [-0.3, -0.25) is 4.90 Å². The first-order valence-electron chi connectivity index (χ1n) is 5.61. The first kappa shape index (κ1) is 13.7. The molecule has 0 aliphatic carbocycles. The molecule has 16 heavy (non-hydrogen) atoms. The Kier molecular flexibility index (Phi) is 4.52. The number of sulfone groups is 1. The number of aliphatic hydroxyl groups is 1. The van der Waals surface area contributed by atoms with Crippen molar-refractivity contribution < 1.29 is 13.5 Å². The van der Waals surface area contributed by atoms with Gasteiger partial charge in [0.15, 0.2) is 9.84 Å². The van der Waals surface area contributed by atoms with Gasteiger partial charge in [-0.1, -0.05) is 18.6 Å². The van der Waals surface area contributed by atoms with Crippen LogP contribution in [0.3, 0.4) is 0 Å². The predicted molar refractivity (Wildman–Crippen MR) is 65.1 cm³/mol. The second-order valence-electron chi connectivity index (χ2n) is 4.58. The quantitative estimate of drug-likeness (QED) is 0.732. The minimum absolute atomic E-state index is 0.0820. The summed E-state index contributed by atoms with van der Waals surface area (Å²) in [6, 6.07) is -0.245. The Balaban J connectivity index is 2.71. The molecule has 1 heterocycles. The van der Waals surface area contributed by atoms with Crippen molar-refractivity contribution in [2.45, 2.75) is 32.9 Å². The van der Waals surface area contributed by atoms with E-state index in [1.165, 1.54) is 5.57 Å². The van der Waals surface area contributed by atoms with E-state index in [0.29, 0.717) is 6.54 Å². The lowest BCUT2D eigenvalue weighted by atomic mass is 10.1. The van der Waals surface area contributed by atoms with Gasteiger partial charge in [0.1, 0.15) is 0 Å². The summed E-state index contributed by atoms with van der Waals surface area (Å²) < 4.78 is 22.8. The lowest BCUT2D eigenvalue weighted by molar-refractivity contribution is 0.0939. The van der Waals surface area contributed by atoms with Gasteiger partial charge in [-0.25, -0.2) is 8.42 Å². The van der Waals surface area contributed by atoms with Crippen molar-refractivity contribution in [3.8, 4) is 0 Å². The van der Waals surface area contributed by atoms with Crippen LogP contribution in [0, 0.1) is 0 Å². The lowest BCUT2D eigenvalue weighted by Gasteiger charge is -2.27. The van der Waals surface area contributed by atoms with E-state index in [9.17, 15) is 13.5 Å². The maximum atomic E-state index is 11.4. The molecular weight excluding hydrogens is 226 g/mol. The van der Waals surface area contributed by atoms with Crippen LogP contribution < -0.4 is 0 Å². The number of nitrogens with zero attached hydrogens (tertiary/aromatic N) is 1. The van der Waals surface area contributed by atoms with Crippen molar-refractivity contribution in [3.63, 3.8) is 0 Å². The Morgan fingerprint density at radius 1 is 1.44 bits per heavy atom. The summed E-state index contributed by atoms with van der Waals surface area (Å²) >= 11 is 0. The van der Waals surface area contributed by atoms with Gasteiger partial charge in [0.25, 0.3) is 0 Å². The largest absolute Gasteiger partial charge is 0.390 e. The van der Waals surface area contributed by atoms with E-state index >= 15 is 0 Å². The van der Waals surface area contributed by atoms with Crippen LogP contribution in [0.4, 0.5) is 0 Å². The molecular formula is C11H21NO3S. The molecule has 94 valence electrons. The molecule has 1 saturated heterocycles. The molecule has 0 aromatic rings. The maximum absolute atomic E-state index is 11.4. The van der Waals surface area contributed by atoms with Gasteiger partial charge in [-0.2, -0.15) is 0 Å². The monoisotopic (exact) mass is 247 g/mol. The molecule has 1 rings (SSSR count). The Morgan fingerprint density at radius 3 is 2.44 bits per heavy atom. The van der Waals surface area contributed by atoms with Gasteiger partial charge in [0.2, 0.25) is 0 Å². The highest BCUT2D eigenvalue weighted by Crippen LogP contribution is 2.18. The smallest absolute Gasteiger partial charge is 0.154 e. The standard InChI is InChI=1S/C11H21NO3S/c1-4-12(6-5-9(2)3)10-7-16(14,15)8-11(10)13/h5,10-11,13H,4,6-8H2,1-3H3/t10-,11-/m0/s1. The molecule has 1 aliphatic rings. The van der Waals surface area contributed by atoms with Crippen molar-refractivity contribution >= 4 is 9.84 Å². The highest BCUT2D eigenvalue weighted by Gasteiger charge is 2.39. The van der Waals surface area contributed by atoms with Crippen molar-refractivity contribution in [2.24, 2.45) is 0 Å². The van der Waals surface area contributed by atoms with Crippen LogP contribution in [0.2, 0.25) is 0 Å². The topological polar surface area (TPSA) is 57.6 Å². The summed E-state index contributed by atoms with van der Waals surface area (Å²) in [5.41, 5.74) is 1.20. The average molecular weight is 247 g/mol. The summed E-state index contributed by atoms with van der Waals surface area (Å²) in [5.74, 6) is -0.0123. The molecule has 1 fully saturated rings. The molecule has 0 aromatic carbocycles. The minimum atomic E-state index is -3.05. The molecule has 2 atom stereocenters. The number of hydrogen-bond acceptors (Lipinski definition) is 4. The zero-order valence-electron chi connectivity index (χ0n) is 10.2. The van der Waals surface area contributed by atoms with Gasteiger partial charge >= 0.3 is 0 Å². The number of hydrogen-bond donors (Lipinski definition) is 1. The van der Waals surface area contributed by atoms with Gasteiger partial charge in [-0.15, -0.1) is 0 Å². The summed E-state index contributed by atoms with van der Waals surface area (Å²) in [6.07, 6.45) is 1.32. The van der Waals surface area contributed by atoms with Crippen LogP contribution in [-0.4, -0.2) is 55.2 Å². The molecule has 0 radical (unpaired) electrons. The molecule has 0 bridgehead atoms. The van der Waals surface area contributed by atoms with Crippen molar-refractivity contribution in [1.82, 2.24) is 4.90 Å².